The lowest BCUT2D eigenvalue weighted by atomic mass is 10.2. The number of primary sulfonamides is 1. The van der Waals surface area contributed by atoms with Gasteiger partial charge in [-0.1, -0.05) is 0 Å². The minimum atomic E-state index is -3.63. The number of hydrogen-bond donors (Lipinski definition) is 2. The minimum absolute atomic E-state index is 0.0208. The summed E-state index contributed by atoms with van der Waals surface area (Å²) in [7, 11) is -3.63. The van der Waals surface area contributed by atoms with Gasteiger partial charge in [-0.3, -0.25) is 5.32 Å². The molecule has 3 N–H and O–H groups in total. The van der Waals surface area contributed by atoms with Crippen molar-refractivity contribution in [1.82, 2.24) is 9.97 Å². The second-order valence-electron chi connectivity index (χ2n) is 4.85. The van der Waals surface area contributed by atoms with Crippen LogP contribution in [0.1, 0.15) is 26.3 Å². The third-order valence-electron chi connectivity index (χ3n) is 1.69. The Morgan fingerprint density at radius 2 is 1.89 bits per heavy atom. The average molecular weight is 288 g/mol. The summed E-state index contributed by atoms with van der Waals surface area (Å²) in [6, 6.07) is 0. The predicted molar refractivity (Wildman–Crippen MR) is 68.7 cm³/mol. The van der Waals surface area contributed by atoms with Crippen molar-refractivity contribution in [2.24, 2.45) is 5.14 Å². The number of carbonyl (C=O) groups excluding carboxylic acids is 1. The number of nitrogens with one attached hydrogen (secondary N) is 1. The molecule has 0 atom stereocenters. The second-order valence-corrected chi connectivity index (χ2v) is 6.46. The highest BCUT2D eigenvalue weighted by Gasteiger charge is 2.17. The Balaban J connectivity index is 2.65. The lowest BCUT2D eigenvalue weighted by Crippen LogP contribution is -2.27. The first kappa shape index (κ1) is 15.3. The van der Waals surface area contributed by atoms with Gasteiger partial charge in [0.1, 0.15) is 5.60 Å². The first-order chi connectivity index (χ1) is 8.55. The number of carbonyl (C=O) groups is 1. The van der Waals surface area contributed by atoms with Gasteiger partial charge in [-0.25, -0.2) is 28.3 Å². The van der Waals surface area contributed by atoms with Crippen molar-refractivity contribution in [3.05, 3.63) is 18.0 Å². The molecule has 19 heavy (non-hydrogen) atoms. The normalized spacial score (nSPS) is 12.0. The smallest absolute Gasteiger partial charge is 0.414 e. The van der Waals surface area contributed by atoms with E-state index >= 15 is 0 Å². The van der Waals surface area contributed by atoms with Gasteiger partial charge in [0.15, 0.2) is 0 Å². The van der Waals surface area contributed by atoms with Gasteiger partial charge in [-0.05, 0) is 20.8 Å². The number of sulfonamides is 1. The van der Waals surface area contributed by atoms with Gasteiger partial charge in [0, 0.05) is 18.0 Å². The monoisotopic (exact) mass is 288 g/mol. The first-order valence-corrected chi connectivity index (χ1v) is 7.08. The van der Waals surface area contributed by atoms with Crippen LogP contribution in [0.4, 0.5) is 10.7 Å². The highest BCUT2D eigenvalue weighted by Crippen LogP contribution is 2.09. The molecular weight excluding hydrogens is 272 g/mol. The Hall–Kier alpha value is -1.74. The molecule has 0 radical (unpaired) electrons. The zero-order valence-corrected chi connectivity index (χ0v) is 11.7. The molecule has 0 spiro atoms. The topological polar surface area (TPSA) is 124 Å². The van der Waals surface area contributed by atoms with E-state index in [1.165, 1.54) is 12.4 Å². The van der Waals surface area contributed by atoms with E-state index in [1.54, 1.807) is 20.8 Å². The van der Waals surface area contributed by atoms with Crippen molar-refractivity contribution in [3.8, 4) is 0 Å². The third-order valence-corrected chi connectivity index (χ3v) is 2.42. The quantitative estimate of drug-likeness (QED) is 0.839. The Morgan fingerprint density at radius 3 is 2.32 bits per heavy atom. The molecule has 1 rings (SSSR count). The standard InChI is InChI=1S/C10H16N4O4S/c1-10(2,3)18-9(15)14-8-12-4-7(5-13-8)6-19(11,16)17/h4-5H,6H2,1-3H3,(H2,11,16,17)(H,12,13,14,15). The van der Waals surface area contributed by atoms with Crippen LogP contribution in [0.3, 0.4) is 0 Å². The number of anilines is 1. The summed E-state index contributed by atoms with van der Waals surface area (Å²) < 4.78 is 26.7. The highest BCUT2D eigenvalue weighted by atomic mass is 32.2. The van der Waals surface area contributed by atoms with E-state index in [0.29, 0.717) is 5.56 Å². The molecule has 9 heteroatoms. The predicted octanol–water partition coefficient (Wildman–Crippen LogP) is 0.612. The third kappa shape index (κ3) is 6.67. The minimum Gasteiger partial charge on any atom is -0.444 e. The maximum atomic E-state index is 11.4. The molecule has 0 aliphatic rings. The molecule has 8 nitrogen and oxygen atoms in total. The summed E-state index contributed by atoms with van der Waals surface area (Å²) in [5, 5.41) is 7.21. The second kappa shape index (κ2) is 5.49. The Labute approximate surface area is 111 Å². The van der Waals surface area contributed by atoms with Crippen molar-refractivity contribution in [2.45, 2.75) is 32.1 Å². The van der Waals surface area contributed by atoms with E-state index in [-0.39, 0.29) is 11.7 Å². The summed E-state index contributed by atoms with van der Waals surface area (Å²) in [6.45, 7) is 5.17. The molecule has 0 saturated carbocycles. The van der Waals surface area contributed by atoms with Crippen LogP contribution in [0.2, 0.25) is 0 Å². The molecule has 0 aliphatic heterocycles. The van der Waals surface area contributed by atoms with Gasteiger partial charge in [0.25, 0.3) is 0 Å². The summed E-state index contributed by atoms with van der Waals surface area (Å²) in [5.74, 6) is -0.341. The van der Waals surface area contributed by atoms with Gasteiger partial charge >= 0.3 is 6.09 Å². The summed E-state index contributed by atoms with van der Waals surface area (Å²) in [6.07, 6.45) is 1.85. The van der Waals surface area contributed by atoms with Gasteiger partial charge in [-0.15, -0.1) is 0 Å². The highest BCUT2D eigenvalue weighted by molar-refractivity contribution is 7.88. The fraction of sp³-hybridized carbons (Fsp3) is 0.500. The van der Waals surface area contributed by atoms with E-state index in [2.05, 4.69) is 15.3 Å². The van der Waals surface area contributed by atoms with E-state index < -0.39 is 21.7 Å². The molecule has 0 aromatic carbocycles. The molecule has 1 amide bonds. The lowest BCUT2D eigenvalue weighted by Gasteiger charge is -2.19. The molecule has 0 bridgehead atoms. The molecule has 106 valence electrons. The number of hydrogen-bond acceptors (Lipinski definition) is 6. The van der Waals surface area contributed by atoms with Crippen LogP contribution in [-0.2, 0) is 20.5 Å². The van der Waals surface area contributed by atoms with Crippen molar-refractivity contribution >= 4 is 22.1 Å². The molecule has 1 heterocycles. The van der Waals surface area contributed by atoms with E-state index in [9.17, 15) is 13.2 Å². The number of rotatable bonds is 3. The Kier molecular flexibility index (Phi) is 4.43. The number of aromatic nitrogens is 2. The Morgan fingerprint density at radius 1 is 1.37 bits per heavy atom. The van der Waals surface area contributed by atoms with Gasteiger partial charge in [-0.2, -0.15) is 0 Å². The number of ether oxygens (including phenoxy) is 1. The molecule has 0 aliphatic carbocycles. The largest absolute Gasteiger partial charge is 0.444 e. The number of amides is 1. The zero-order valence-electron chi connectivity index (χ0n) is 10.9. The van der Waals surface area contributed by atoms with Gasteiger partial charge in [0.05, 0.1) is 5.75 Å². The van der Waals surface area contributed by atoms with E-state index in [4.69, 9.17) is 9.88 Å². The Bertz CT molecular complexity index is 548. The molecule has 0 unspecified atom stereocenters. The van der Waals surface area contributed by atoms with Crippen LogP contribution in [-0.4, -0.2) is 30.1 Å². The van der Waals surface area contributed by atoms with Crippen molar-refractivity contribution < 1.29 is 17.9 Å². The molecule has 0 fully saturated rings. The summed E-state index contributed by atoms with van der Waals surface area (Å²) in [5.41, 5.74) is -0.297. The van der Waals surface area contributed by atoms with Gasteiger partial charge < -0.3 is 4.74 Å². The lowest BCUT2D eigenvalue weighted by molar-refractivity contribution is 0.0634. The molecular formula is C10H16N4O4S. The molecule has 1 aromatic heterocycles. The molecule has 1 aromatic rings. The van der Waals surface area contributed by atoms with E-state index in [0.717, 1.165) is 0 Å². The van der Waals surface area contributed by atoms with Crippen LogP contribution in [0, 0.1) is 0 Å². The van der Waals surface area contributed by atoms with E-state index in [1.807, 2.05) is 0 Å². The zero-order chi connectivity index (χ0) is 14.7. The van der Waals surface area contributed by atoms with Crippen LogP contribution < -0.4 is 10.5 Å². The van der Waals surface area contributed by atoms with Crippen molar-refractivity contribution in [1.29, 1.82) is 0 Å². The number of nitrogens with two attached hydrogens (primary N) is 1. The summed E-state index contributed by atoms with van der Waals surface area (Å²) >= 11 is 0. The fourth-order valence-electron chi connectivity index (χ4n) is 1.12. The van der Waals surface area contributed by atoms with Gasteiger partial charge in [0.2, 0.25) is 16.0 Å². The van der Waals surface area contributed by atoms with Crippen molar-refractivity contribution in [3.63, 3.8) is 0 Å². The maximum absolute atomic E-state index is 11.4. The van der Waals surface area contributed by atoms with Crippen LogP contribution in [0.5, 0.6) is 0 Å². The number of nitrogens with zero attached hydrogens (tertiary/aromatic N) is 2. The average Bonchev–Trinajstić information content (AvgIpc) is 2.15. The molecule has 0 saturated heterocycles. The van der Waals surface area contributed by atoms with Crippen molar-refractivity contribution in [2.75, 3.05) is 5.32 Å². The summed E-state index contributed by atoms with van der Waals surface area (Å²) in [4.78, 5) is 19.0. The first-order valence-electron chi connectivity index (χ1n) is 5.36. The van der Waals surface area contributed by atoms with Crippen LogP contribution >= 0.6 is 0 Å². The SMILES string of the molecule is CC(C)(C)OC(=O)Nc1ncc(CS(N)(=O)=O)cn1. The maximum Gasteiger partial charge on any atom is 0.414 e. The van der Waals surface area contributed by atoms with Crippen LogP contribution in [0.25, 0.3) is 0 Å². The fourth-order valence-corrected chi connectivity index (χ4v) is 1.73. The van der Waals surface area contributed by atoms with Crippen LogP contribution in [0.15, 0.2) is 12.4 Å².